The quantitative estimate of drug-likeness (QED) is 0.855. The van der Waals surface area contributed by atoms with Gasteiger partial charge in [-0.25, -0.2) is 0 Å². The monoisotopic (exact) mass is 274 g/mol. The zero-order valence-electron chi connectivity index (χ0n) is 11.1. The lowest BCUT2D eigenvalue weighted by atomic mass is 10.1. The lowest BCUT2D eigenvalue weighted by molar-refractivity contribution is -0.115. The molecule has 100 valence electrons. The Balaban J connectivity index is 1.97. The Bertz CT molecular complexity index is 520. The van der Waals surface area contributed by atoms with E-state index >= 15 is 0 Å². The number of carbonyl (C=O) groups is 1. The highest BCUT2D eigenvalue weighted by Gasteiger charge is 2.05. The van der Waals surface area contributed by atoms with Gasteiger partial charge in [0.15, 0.2) is 0 Å². The molecule has 0 bridgehead atoms. The molecule has 1 amide bonds. The van der Waals surface area contributed by atoms with Crippen molar-refractivity contribution in [1.82, 2.24) is 0 Å². The van der Waals surface area contributed by atoms with Gasteiger partial charge in [-0.05, 0) is 53.6 Å². The van der Waals surface area contributed by atoms with Crippen LogP contribution in [-0.4, -0.2) is 5.91 Å². The summed E-state index contributed by atoms with van der Waals surface area (Å²) >= 11 is 1.70. The molecule has 4 heteroatoms. The highest BCUT2D eigenvalue weighted by molar-refractivity contribution is 7.07. The van der Waals surface area contributed by atoms with Crippen molar-refractivity contribution in [3.05, 3.63) is 46.7 Å². The second-order valence-corrected chi connectivity index (χ2v) is 5.18. The number of carbonyl (C=O) groups excluding carboxylic acids is 1. The molecule has 3 nitrogen and oxygen atoms in total. The molecule has 1 aromatic heterocycles. The van der Waals surface area contributed by atoms with E-state index in [-0.39, 0.29) is 11.9 Å². The van der Waals surface area contributed by atoms with Gasteiger partial charge >= 0.3 is 0 Å². The van der Waals surface area contributed by atoms with Crippen LogP contribution in [0.15, 0.2) is 41.1 Å². The summed E-state index contributed by atoms with van der Waals surface area (Å²) in [6.07, 6.45) is 0.495. The summed E-state index contributed by atoms with van der Waals surface area (Å²) in [5.41, 5.74) is 3.17. The van der Waals surface area contributed by atoms with Crippen molar-refractivity contribution in [2.45, 2.75) is 26.3 Å². The van der Waals surface area contributed by atoms with Crippen molar-refractivity contribution < 1.29 is 4.79 Å². The smallest absolute Gasteiger partial charge is 0.224 e. The average Bonchev–Trinajstić information content (AvgIpc) is 2.95. The summed E-state index contributed by atoms with van der Waals surface area (Å²) in [4.78, 5) is 11.3. The van der Waals surface area contributed by atoms with E-state index in [1.165, 1.54) is 5.56 Å². The number of hydrogen-bond donors (Lipinski definition) is 2. The van der Waals surface area contributed by atoms with Crippen LogP contribution in [0.3, 0.4) is 0 Å². The fourth-order valence-corrected chi connectivity index (χ4v) is 2.51. The van der Waals surface area contributed by atoms with Crippen LogP contribution in [0.2, 0.25) is 0 Å². The molecule has 1 atom stereocenters. The Morgan fingerprint density at radius 1 is 1.21 bits per heavy atom. The Labute approximate surface area is 117 Å². The van der Waals surface area contributed by atoms with Crippen LogP contribution in [0, 0.1) is 0 Å². The zero-order chi connectivity index (χ0) is 13.7. The van der Waals surface area contributed by atoms with Gasteiger partial charge in [0.25, 0.3) is 0 Å². The second-order valence-electron chi connectivity index (χ2n) is 4.40. The van der Waals surface area contributed by atoms with Gasteiger partial charge in [0.2, 0.25) is 5.91 Å². The van der Waals surface area contributed by atoms with Crippen LogP contribution >= 0.6 is 11.3 Å². The number of anilines is 2. The van der Waals surface area contributed by atoms with E-state index in [1.54, 1.807) is 11.3 Å². The van der Waals surface area contributed by atoms with Gasteiger partial charge in [0.1, 0.15) is 0 Å². The maximum absolute atomic E-state index is 11.3. The largest absolute Gasteiger partial charge is 0.378 e. The van der Waals surface area contributed by atoms with E-state index in [9.17, 15) is 4.79 Å². The number of rotatable bonds is 5. The number of nitrogens with one attached hydrogen (secondary N) is 2. The molecule has 0 radical (unpaired) electrons. The summed E-state index contributed by atoms with van der Waals surface area (Å²) in [5, 5.41) is 10.5. The predicted octanol–water partition coefficient (Wildman–Crippen LogP) is 4.27. The Kier molecular flexibility index (Phi) is 4.58. The summed E-state index contributed by atoms with van der Waals surface area (Å²) < 4.78 is 0. The Morgan fingerprint density at radius 2 is 1.89 bits per heavy atom. The average molecular weight is 274 g/mol. The maximum Gasteiger partial charge on any atom is 0.224 e. The molecular weight excluding hydrogens is 256 g/mol. The molecule has 2 aromatic rings. The van der Waals surface area contributed by atoms with E-state index in [4.69, 9.17) is 0 Å². The molecule has 0 spiro atoms. The number of thiophene rings is 1. The minimum absolute atomic E-state index is 0.0346. The fraction of sp³-hybridized carbons (Fsp3) is 0.267. The topological polar surface area (TPSA) is 41.1 Å². The van der Waals surface area contributed by atoms with E-state index < -0.39 is 0 Å². The highest BCUT2D eigenvalue weighted by atomic mass is 32.1. The first-order valence-corrected chi connectivity index (χ1v) is 7.32. The molecule has 0 aliphatic rings. The fourth-order valence-electron chi connectivity index (χ4n) is 1.75. The third kappa shape index (κ3) is 3.83. The Morgan fingerprint density at radius 3 is 2.47 bits per heavy atom. The molecule has 0 fully saturated rings. The van der Waals surface area contributed by atoms with Gasteiger partial charge in [-0.2, -0.15) is 11.3 Å². The summed E-state index contributed by atoms with van der Waals surface area (Å²) in [7, 11) is 0. The first kappa shape index (κ1) is 13.6. The molecule has 2 rings (SSSR count). The second kappa shape index (κ2) is 6.38. The third-order valence-corrected chi connectivity index (χ3v) is 3.62. The number of benzene rings is 1. The van der Waals surface area contributed by atoms with Crippen molar-refractivity contribution >= 4 is 28.6 Å². The van der Waals surface area contributed by atoms with E-state index in [0.29, 0.717) is 6.42 Å². The Hall–Kier alpha value is -1.81. The van der Waals surface area contributed by atoms with Crippen molar-refractivity contribution in [2.24, 2.45) is 0 Å². The molecule has 0 aliphatic heterocycles. The highest BCUT2D eigenvalue weighted by Crippen LogP contribution is 2.22. The van der Waals surface area contributed by atoms with Crippen LogP contribution < -0.4 is 10.6 Å². The first-order valence-electron chi connectivity index (χ1n) is 6.37. The molecule has 1 unspecified atom stereocenters. The van der Waals surface area contributed by atoms with Gasteiger partial charge in [0.05, 0.1) is 0 Å². The minimum atomic E-state index is 0.0346. The number of amides is 1. The first-order chi connectivity index (χ1) is 9.19. The SMILES string of the molecule is CCC(=O)Nc1ccc(NC(C)c2ccsc2)cc1. The predicted molar refractivity (Wildman–Crippen MR) is 81.7 cm³/mol. The molecule has 0 saturated carbocycles. The molecule has 2 N–H and O–H groups in total. The van der Waals surface area contributed by atoms with E-state index in [0.717, 1.165) is 11.4 Å². The van der Waals surface area contributed by atoms with Crippen LogP contribution in [0.25, 0.3) is 0 Å². The van der Waals surface area contributed by atoms with E-state index in [2.05, 4.69) is 34.4 Å². The van der Waals surface area contributed by atoms with Crippen molar-refractivity contribution in [3.8, 4) is 0 Å². The van der Waals surface area contributed by atoms with Crippen molar-refractivity contribution in [2.75, 3.05) is 10.6 Å². The van der Waals surface area contributed by atoms with Crippen LogP contribution in [-0.2, 0) is 4.79 Å². The van der Waals surface area contributed by atoms with E-state index in [1.807, 2.05) is 31.2 Å². The van der Waals surface area contributed by atoms with Gasteiger partial charge in [-0.3, -0.25) is 4.79 Å². The zero-order valence-corrected chi connectivity index (χ0v) is 12.0. The summed E-state index contributed by atoms with van der Waals surface area (Å²) in [6.45, 7) is 3.97. The standard InChI is InChI=1S/C15H18N2OS/c1-3-15(18)17-14-6-4-13(5-7-14)16-11(2)12-8-9-19-10-12/h4-11,16H,3H2,1-2H3,(H,17,18). The molecule has 0 aliphatic carbocycles. The molecule has 0 saturated heterocycles. The van der Waals surface area contributed by atoms with Crippen LogP contribution in [0.4, 0.5) is 11.4 Å². The molecule has 1 heterocycles. The van der Waals surface area contributed by atoms with Gasteiger partial charge in [-0.15, -0.1) is 0 Å². The normalized spacial score (nSPS) is 11.9. The summed E-state index contributed by atoms with van der Waals surface area (Å²) in [5.74, 6) is 0.0346. The molecule has 1 aromatic carbocycles. The van der Waals surface area contributed by atoms with Crippen molar-refractivity contribution in [3.63, 3.8) is 0 Å². The lowest BCUT2D eigenvalue weighted by Crippen LogP contribution is -2.09. The lowest BCUT2D eigenvalue weighted by Gasteiger charge is -2.14. The van der Waals surface area contributed by atoms with Gasteiger partial charge in [0, 0.05) is 23.8 Å². The van der Waals surface area contributed by atoms with Crippen LogP contribution in [0.1, 0.15) is 31.9 Å². The van der Waals surface area contributed by atoms with Crippen LogP contribution in [0.5, 0.6) is 0 Å². The van der Waals surface area contributed by atoms with Gasteiger partial charge in [-0.1, -0.05) is 6.92 Å². The molecular formula is C15H18N2OS. The minimum Gasteiger partial charge on any atom is -0.378 e. The summed E-state index contributed by atoms with van der Waals surface area (Å²) in [6, 6.07) is 10.2. The molecule has 19 heavy (non-hydrogen) atoms. The van der Waals surface area contributed by atoms with Gasteiger partial charge < -0.3 is 10.6 Å². The maximum atomic E-state index is 11.3. The number of hydrogen-bond acceptors (Lipinski definition) is 3. The third-order valence-electron chi connectivity index (χ3n) is 2.92. The van der Waals surface area contributed by atoms with Crippen molar-refractivity contribution in [1.29, 1.82) is 0 Å².